The molecule has 0 aliphatic rings. The number of nitrogen functional groups attached to an aromatic ring is 1. The zero-order chi connectivity index (χ0) is 15.5. The molecule has 110 valence electrons. The summed E-state index contributed by atoms with van der Waals surface area (Å²) in [5.74, 6) is -1.32. The van der Waals surface area contributed by atoms with Gasteiger partial charge in [-0.05, 0) is 36.4 Å². The lowest BCUT2D eigenvalue weighted by Crippen LogP contribution is -2.23. The van der Waals surface area contributed by atoms with Crippen molar-refractivity contribution >= 4 is 38.7 Å². The summed E-state index contributed by atoms with van der Waals surface area (Å²) in [5, 5.41) is 2.82. The second kappa shape index (κ2) is 6.15. The van der Waals surface area contributed by atoms with E-state index in [0.717, 1.165) is 0 Å². The van der Waals surface area contributed by atoms with Crippen LogP contribution in [0.3, 0.4) is 0 Å². The zero-order valence-electron chi connectivity index (χ0n) is 10.9. The molecule has 5 nitrogen and oxygen atoms in total. The van der Waals surface area contributed by atoms with E-state index in [1.807, 2.05) is 0 Å². The van der Waals surface area contributed by atoms with Crippen molar-refractivity contribution in [1.82, 2.24) is 0 Å². The Labute approximate surface area is 127 Å². The maximum absolute atomic E-state index is 12.1. The molecule has 0 saturated carbocycles. The molecule has 21 heavy (non-hydrogen) atoms. The van der Waals surface area contributed by atoms with Crippen LogP contribution >= 0.6 is 11.6 Å². The van der Waals surface area contributed by atoms with Crippen LogP contribution in [0, 0.1) is 0 Å². The molecule has 1 amide bonds. The van der Waals surface area contributed by atoms with Crippen molar-refractivity contribution in [3.8, 4) is 0 Å². The Morgan fingerprint density at radius 2 is 1.71 bits per heavy atom. The third-order valence-corrected chi connectivity index (χ3v) is 4.67. The third-order valence-electron chi connectivity index (χ3n) is 2.71. The number of halogens is 1. The molecule has 0 unspecified atom stereocenters. The summed E-state index contributed by atoms with van der Waals surface area (Å²) in [4.78, 5) is 11.9. The number of nitrogens with two attached hydrogens (primary N) is 1. The molecule has 7 heteroatoms. The quantitative estimate of drug-likeness (QED) is 0.845. The van der Waals surface area contributed by atoms with E-state index >= 15 is 0 Å². The number of hydrogen-bond donors (Lipinski definition) is 2. The van der Waals surface area contributed by atoms with E-state index in [2.05, 4.69) is 5.32 Å². The lowest BCUT2D eigenvalue weighted by molar-refractivity contribution is -0.113. The summed E-state index contributed by atoms with van der Waals surface area (Å²) < 4.78 is 24.2. The van der Waals surface area contributed by atoms with Crippen LogP contribution in [0.5, 0.6) is 0 Å². The Bertz CT molecular complexity index is 758. The SMILES string of the molecule is Nc1ccc(S(=O)(=O)CC(=O)Nc2ccccc2Cl)cc1. The van der Waals surface area contributed by atoms with Crippen molar-refractivity contribution in [3.63, 3.8) is 0 Å². The predicted molar refractivity (Wildman–Crippen MR) is 83.0 cm³/mol. The molecule has 0 aromatic heterocycles. The van der Waals surface area contributed by atoms with Crippen LogP contribution in [0.1, 0.15) is 0 Å². The highest BCUT2D eigenvalue weighted by molar-refractivity contribution is 7.92. The van der Waals surface area contributed by atoms with Crippen LogP contribution in [-0.4, -0.2) is 20.1 Å². The number of carbonyl (C=O) groups is 1. The fourth-order valence-corrected chi connectivity index (χ4v) is 3.00. The minimum atomic E-state index is -3.72. The number of amides is 1. The van der Waals surface area contributed by atoms with Gasteiger partial charge >= 0.3 is 0 Å². The highest BCUT2D eigenvalue weighted by atomic mass is 35.5. The van der Waals surface area contributed by atoms with Gasteiger partial charge in [0.2, 0.25) is 5.91 Å². The molecule has 0 heterocycles. The molecule has 0 radical (unpaired) electrons. The first-order valence-electron chi connectivity index (χ1n) is 6.01. The first kappa shape index (κ1) is 15.3. The molecule has 3 N–H and O–H groups in total. The van der Waals surface area contributed by atoms with Crippen molar-refractivity contribution in [3.05, 3.63) is 53.6 Å². The lowest BCUT2D eigenvalue weighted by Gasteiger charge is -2.08. The minimum Gasteiger partial charge on any atom is -0.399 e. The van der Waals surface area contributed by atoms with Gasteiger partial charge in [0.1, 0.15) is 5.75 Å². The first-order chi connectivity index (χ1) is 9.88. The number of anilines is 2. The van der Waals surface area contributed by atoms with Crippen LogP contribution in [0.25, 0.3) is 0 Å². The summed E-state index contributed by atoms with van der Waals surface area (Å²) in [6, 6.07) is 12.3. The van der Waals surface area contributed by atoms with E-state index in [9.17, 15) is 13.2 Å². The summed E-state index contributed by atoms with van der Waals surface area (Å²) in [5.41, 5.74) is 6.33. The number of benzene rings is 2. The molecule has 0 atom stereocenters. The average molecular weight is 325 g/mol. The van der Waals surface area contributed by atoms with Crippen molar-refractivity contribution in [2.45, 2.75) is 4.90 Å². The summed E-state index contributed by atoms with van der Waals surface area (Å²) in [6.45, 7) is 0. The molecule has 0 fully saturated rings. The van der Waals surface area contributed by atoms with Gasteiger partial charge in [-0.1, -0.05) is 23.7 Å². The van der Waals surface area contributed by atoms with Crippen LogP contribution in [0.4, 0.5) is 11.4 Å². The Hall–Kier alpha value is -2.05. The fourth-order valence-electron chi connectivity index (χ4n) is 1.68. The van der Waals surface area contributed by atoms with Crippen LogP contribution in [0.2, 0.25) is 5.02 Å². The number of carbonyl (C=O) groups excluding carboxylic acids is 1. The smallest absolute Gasteiger partial charge is 0.240 e. The molecule has 0 saturated heterocycles. The van der Waals surface area contributed by atoms with E-state index in [1.165, 1.54) is 24.3 Å². The van der Waals surface area contributed by atoms with Gasteiger partial charge in [0.05, 0.1) is 15.6 Å². The Balaban J connectivity index is 2.12. The molecular weight excluding hydrogens is 312 g/mol. The van der Waals surface area contributed by atoms with Gasteiger partial charge in [0, 0.05) is 5.69 Å². The Morgan fingerprint density at radius 3 is 2.33 bits per heavy atom. The predicted octanol–water partition coefficient (Wildman–Crippen LogP) is 2.33. The van der Waals surface area contributed by atoms with Crippen molar-refractivity contribution in [1.29, 1.82) is 0 Å². The molecule has 0 aliphatic carbocycles. The van der Waals surface area contributed by atoms with Crippen molar-refractivity contribution < 1.29 is 13.2 Å². The van der Waals surface area contributed by atoms with Crippen LogP contribution in [-0.2, 0) is 14.6 Å². The highest BCUT2D eigenvalue weighted by Gasteiger charge is 2.19. The monoisotopic (exact) mass is 324 g/mol. The average Bonchev–Trinajstić information content (AvgIpc) is 2.41. The largest absolute Gasteiger partial charge is 0.399 e. The van der Waals surface area contributed by atoms with E-state index in [4.69, 9.17) is 17.3 Å². The van der Waals surface area contributed by atoms with Crippen molar-refractivity contribution in [2.75, 3.05) is 16.8 Å². The van der Waals surface area contributed by atoms with Gasteiger partial charge in [-0.3, -0.25) is 4.79 Å². The third kappa shape index (κ3) is 3.96. The molecule has 2 aromatic carbocycles. The van der Waals surface area contributed by atoms with Gasteiger partial charge in [-0.25, -0.2) is 8.42 Å². The molecule has 0 spiro atoms. The second-order valence-electron chi connectivity index (χ2n) is 4.36. The standard InChI is InChI=1S/C14H13ClN2O3S/c15-12-3-1-2-4-13(12)17-14(18)9-21(19,20)11-7-5-10(16)6-8-11/h1-8H,9,16H2,(H,17,18). The fraction of sp³-hybridized carbons (Fsp3) is 0.0714. The van der Waals surface area contributed by atoms with E-state index in [0.29, 0.717) is 16.4 Å². The summed E-state index contributed by atoms with van der Waals surface area (Å²) >= 11 is 5.90. The number of hydrogen-bond acceptors (Lipinski definition) is 4. The van der Waals surface area contributed by atoms with Gasteiger partial charge in [0.25, 0.3) is 0 Å². The normalized spacial score (nSPS) is 11.1. The topological polar surface area (TPSA) is 89.3 Å². The lowest BCUT2D eigenvalue weighted by atomic mass is 10.3. The molecule has 2 rings (SSSR count). The Morgan fingerprint density at radius 1 is 1.10 bits per heavy atom. The summed E-state index contributed by atoms with van der Waals surface area (Å²) in [6.07, 6.45) is 0. The molecular formula is C14H13ClN2O3S. The van der Waals surface area contributed by atoms with Crippen molar-refractivity contribution in [2.24, 2.45) is 0 Å². The maximum Gasteiger partial charge on any atom is 0.240 e. The Kier molecular flexibility index (Phi) is 4.50. The number of rotatable bonds is 4. The number of para-hydroxylation sites is 1. The number of sulfone groups is 1. The number of nitrogens with one attached hydrogen (secondary N) is 1. The van der Waals surface area contributed by atoms with Gasteiger partial charge < -0.3 is 11.1 Å². The minimum absolute atomic E-state index is 0.0472. The van der Waals surface area contributed by atoms with E-state index < -0.39 is 21.5 Å². The first-order valence-corrected chi connectivity index (χ1v) is 8.04. The second-order valence-corrected chi connectivity index (χ2v) is 6.75. The van der Waals surface area contributed by atoms with Gasteiger partial charge in [-0.2, -0.15) is 0 Å². The van der Waals surface area contributed by atoms with E-state index in [-0.39, 0.29) is 4.90 Å². The van der Waals surface area contributed by atoms with Gasteiger partial charge in [-0.15, -0.1) is 0 Å². The molecule has 0 bridgehead atoms. The zero-order valence-corrected chi connectivity index (χ0v) is 12.5. The van der Waals surface area contributed by atoms with E-state index in [1.54, 1.807) is 24.3 Å². The summed E-state index contributed by atoms with van der Waals surface area (Å²) in [7, 11) is -3.72. The molecule has 0 aliphatic heterocycles. The van der Waals surface area contributed by atoms with Gasteiger partial charge in [0.15, 0.2) is 9.84 Å². The van der Waals surface area contributed by atoms with Crippen LogP contribution < -0.4 is 11.1 Å². The maximum atomic E-state index is 12.1. The highest BCUT2D eigenvalue weighted by Crippen LogP contribution is 2.21. The molecule has 2 aromatic rings. The van der Waals surface area contributed by atoms with Crippen LogP contribution in [0.15, 0.2) is 53.4 Å².